The van der Waals surface area contributed by atoms with Crippen LogP contribution in [0, 0.1) is 0 Å². The Morgan fingerprint density at radius 1 is 1.29 bits per heavy atom. The van der Waals surface area contributed by atoms with Crippen LogP contribution in [0.1, 0.15) is 10.5 Å². The Morgan fingerprint density at radius 3 is 2.18 bits per heavy atom. The fourth-order valence-electron chi connectivity index (χ4n) is 1.44. The summed E-state index contributed by atoms with van der Waals surface area (Å²) in [7, 11) is 5.08. The van der Waals surface area contributed by atoms with Gasteiger partial charge in [-0.25, -0.2) is 14.2 Å². The van der Waals surface area contributed by atoms with Crippen molar-refractivity contribution in [1.82, 2.24) is 9.05 Å². The molecule has 7 heteroatoms. The van der Waals surface area contributed by atoms with E-state index in [1.807, 2.05) is 0 Å². The van der Waals surface area contributed by atoms with Crippen LogP contribution >= 0.6 is 0 Å². The summed E-state index contributed by atoms with van der Waals surface area (Å²) >= 11 is 0. The number of primary amides is 1. The molecule has 0 atom stereocenters. The molecule has 0 aromatic carbocycles. The molecule has 0 fully saturated rings. The largest absolute Gasteiger partial charge is 0.477 e. The van der Waals surface area contributed by atoms with Crippen LogP contribution in [0.5, 0.6) is 0 Å². The Hall–Kier alpha value is -2.15. The number of aromatic carboxylic acids is 1. The number of nitrogens with zero attached hydrogens (tertiary/aromatic N) is 2. The number of carboxylic acid groups (broad SMARTS) is 1. The van der Waals surface area contributed by atoms with Gasteiger partial charge in [-0.1, -0.05) is 0 Å². The van der Waals surface area contributed by atoms with E-state index in [9.17, 15) is 14.4 Å². The summed E-state index contributed by atoms with van der Waals surface area (Å²) in [6.45, 7) is 0. The Kier molecular flexibility index (Phi) is 3.05. The van der Waals surface area contributed by atoms with Crippen molar-refractivity contribution in [1.29, 1.82) is 0 Å². The molecule has 17 heavy (non-hydrogen) atoms. The normalized spacial score (nSPS) is 11.2. The van der Waals surface area contributed by atoms with E-state index < -0.39 is 23.1 Å². The van der Waals surface area contributed by atoms with Gasteiger partial charge in [0.2, 0.25) is 5.82 Å². The zero-order chi connectivity index (χ0) is 13.4. The maximum Gasteiger partial charge on any atom is 0.353 e. The van der Waals surface area contributed by atoms with Crippen LogP contribution in [0.4, 0.5) is 10.6 Å². The topological polar surface area (TPSA) is 102 Å². The van der Waals surface area contributed by atoms with Gasteiger partial charge in [0.15, 0.2) is 5.43 Å². The van der Waals surface area contributed by atoms with Gasteiger partial charge in [0.25, 0.3) is 0 Å². The first-order valence-corrected chi connectivity index (χ1v) is 4.77. The summed E-state index contributed by atoms with van der Waals surface area (Å²) in [4.78, 5) is 33.7. The summed E-state index contributed by atoms with van der Waals surface area (Å²) in [5, 5.41) is 8.95. The van der Waals surface area contributed by atoms with Crippen molar-refractivity contribution in [2.75, 3.05) is 21.1 Å². The van der Waals surface area contributed by atoms with Crippen LogP contribution in [0.3, 0.4) is 0 Å². The highest BCUT2D eigenvalue weighted by Crippen LogP contribution is 2.16. The molecule has 0 spiro atoms. The average Bonchev–Trinajstić information content (AvgIpc) is 2.14. The third kappa shape index (κ3) is 2.51. The zero-order valence-corrected chi connectivity index (χ0v) is 9.80. The van der Waals surface area contributed by atoms with E-state index in [-0.39, 0.29) is 10.3 Å². The van der Waals surface area contributed by atoms with E-state index in [2.05, 4.69) is 0 Å². The van der Waals surface area contributed by atoms with E-state index in [1.165, 1.54) is 6.07 Å². The highest BCUT2D eigenvalue weighted by Gasteiger charge is 2.25. The molecule has 0 aliphatic rings. The molecule has 1 aromatic rings. The first kappa shape index (κ1) is 12.9. The molecule has 7 nitrogen and oxygen atoms in total. The van der Waals surface area contributed by atoms with E-state index in [0.717, 1.165) is 10.6 Å². The van der Waals surface area contributed by atoms with E-state index in [1.54, 1.807) is 21.1 Å². The molecule has 92 valence electrons. The second kappa shape index (κ2) is 4.02. The number of quaternary nitrogens is 1. The van der Waals surface area contributed by atoms with Gasteiger partial charge in [0.1, 0.15) is 5.69 Å². The van der Waals surface area contributed by atoms with Crippen molar-refractivity contribution in [3.63, 3.8) is 0 Å². The predicted molar refractivity (Wildman–Crippen MR) is 62.2 cm³/mol. The van der Waals surface area contributed by atoms with Gasteiger partial charge >= 0.3 is 12.0 Å². The molecule has 0 aliphatic carbocycles. The summed E-state index contributed by atoms with van der Waals surface area (Å²) in [6, 6.07) is 1.12. The number of pyridine rings is 1. The van der Waals surface area contributed by atoms with Crippen LogP contribution < -0.4 is 15.6 Å². The monoisotopic (exact) mass is 240 g/mol. The van der Waals surface area contributed by atoms with Gasteiger partial charge in [0.05, 0.1) is 27.2 Å². The van der Waals surface area contributed by atoms with Crippen LogP contribution in [-0.2, 0) is 0 Å². The number of aromatic nitrogens is 1. The molecule has 1 aromatic heterocycles. The number of carbonyl (C=O) groups excluding carboxylic acids is 1. The molecule has 0 unspecified atom stereocenters. The Bertz CT molecular complexity index is 539. The van der Waals surface area contributed by atoms with Crippen molar-refractivity contribution in [2.24, 2.45) is 5.73 Å². The lowest BCUT2D eigenvalue weighted by molar-refractivity contribution is 0.0685. The molecular formula is C10H14N3O4+. The van der Waals surface area contributed by atoms with E-state index in [4.69, 9.17) is 10.8 Å². The highest BCUT2D eigenvalue weighted by atomic mass is 16.4. The van der Waals surface area contributed by atoms with Crippen LogP contribution in [-0.4, -0.2) is 42.8 Å². The third-order valence-corrected chi connectivity index (χ3v) is 2.15. The first-order valence-electron chi connectivity index (χ1n) is 4.77. The maximum absolute atomic E-state index is 11.4. The highest BCUT2D eigenvalue weighted by molar-refractivity contribution is 5.92. The lowest BCUT2D eigenvalue weighted by atomic mass is 10.3. The minimum Gasteiger partial charge on any atom is -0.477 e. The van der Waals surface area contributed by atoms with Gasteiger partial charge in [-0.3, -0.25) is 9.28 Å². The molecule has 0 bridgehead atoms. The molecular weight excluding hydrogens is 226 g/mol. The number of nitrogens with two attached hydrogens (primary N) is 1. The van der Waals surface area contributed by atoms with Crippen LogP contribution in [0.25, 0.3) is 0 Å². The molecule has 0 saturated carbocycles. The molecule has 0 aliphatic heterocycles. The van der Waals surface area contributed by atoms with Crippen molar-refractivity contribution < 1.29 is 14.7 Å². The molecule has 1 amide bonds. The van der Waals surface area contributed by atoms with E-state index in [0.29, 0.717) is 0 Å². The summed E-state index contributed by atoms with van der Waals surface area (Å²) < 4.78 is 0.920. The van der Waals surface area contributed by atoms with Crippen molar-refractivity contribution >= 4 is 17.8 Å². The fourth-order valence-corrected chi connectivity index (χ4v) is 1.44. The van der Waals surface area contributed by atoms with E-state index >= 15 is 0 Å². The quantitative estimate of drug-likeness (QED) is 0.691. The average molecular weight is 240 g/mol. The van der Waals surface area contributed by atoms with Crippen LogP contribution in [0.15, 0.2) is 16.9 Å². The maximum atomic E-state index is 11.4. The van der Waals surface area contributed by atoms with Gasteiger partial charge in [-0.15, -0.1) is 0 Å². The molecule has 1 heterocycles. The molecule has 0 radical (unpaired) electrons. The smallest absolute Gasteiger partial charge is 0.353 e. The number of rotatable bonds is 2. The fraction of sp³-hybridized carbons (Fsp3) is 0.300. The van der Waals surface area contributed by atoms with Crippen LogP contribution in [0.2, 0.25) is 0 Å². The molecule has 1 rings (SSSR count). The second-order valence-corrected chi connectivity index (χ2v) is 4.43. The van der Waals surface area contributed by atoms with Gasteiger partial charge < -0.3 is 10.8 Å². The van der Waals surface area contributed by atoms with Gasteiger partial charge in [-0.2, -0.15) is 0 Å². The first-order chi connectivity index (χ1) is 7.64. The molecule has 3 N–H and O–H groups in total. The second-order valence-electron chi connectivity index (χ2n) is 4.43. The Morgan fingerprint density at radius 2 is 1.82 bits per heavy atom. The van der Waals surface area contributed by atoms with Crippen molar-refractivity contribution in [3.8, 4) is 0 Å². The summed E-state index contributed by atoms with van der Waals surface area (Å²) in [5.41, 5.74) is 4.23. The van der Waals surface area contributed by atoms with Crippen molar-refractivity contribution in [3.05, 3.63) is 28.0 Å². The SMILES string of the molecule is C[N+](C)(C)c1cc(=O)cc(C(=O)O)n1C(N)=O. The number of amides is 1. The van der Waals surface area contributed by atoms with Crippen molar-refractivity contribution in [2.45, 2.75) is 0 Å². The number of carbonyl (C=O) groups is 2. The summed E-state index contributed by atoms with van der Waals surface area (Å²) in [6.07, 6.45) is 0. The number of hydrogen-bond acceptors (Lipinski definition) is 3. The number of carboxylic acids is 1. The zero-order valence-electron chi connectivity index (χ0n) is 9.80. The number of hydrogen-bond donors (Lipinski definition) is 2. The third-order valence-electron chi connectivity index (χ3n) is 2.15. The summed E-state index contributed by atoms with van der Waals surface area (Å²) in [5.74, 6) is -1.17. The minimum absolute atomic E-state index is 0.0965. The Balaban J connectivity index is 3.77. The standard InChI is InChI=1S/C10H13N3O4/c1-13(2,3)8-5-6(14)4-7(9(15)16)12(8)10(11)17/h4-5H,1-3H3,(H2-,11,15,16,17)/p+1. The lowest BCUT2D eigenvalue weighted by Gasteiger charge is -2.26. The lowest BCUT2D eigenvalue weighted by Crippen LogP contribution is -2.42. The minimum atomic E-state index is -1.38. The van der Waals surface area contributed by atoms with Gasteiger partial charge in [0, 0.05) is 6.07 Å². The Labute approximate surface area is 97.3 Å². The van der Waals surface area contributed by atoms with Gasteiger partial charge in [-0.05, 0) is 0 Å². The predicted octanol–water partition coefficient (Wildman–Crippen LogP) is -0.330. The molecule has 0 saturated heterocycles.